The van der Waals surface area contributed by atoms with Crippen molar-refractivity contribution < 1.29 is 37.1 Å². The predicted octanol–water partition coefficient (Wildman–Crippen LogP) is 7.71. The van der Waals surface area contributed by atoms with Crippen LogP contribution in [0.1, 0.15) is 92.0 Å². The molecule has 2 heterocycles. The number of sulfonamides is 1. The molecule has 302 valence electrons. The van der Waals surface area contributed by atoms with E-state index in [1.807, 2.05) is 43.3 Å². The van der Waals surface area contributed by atoms with E-state index < -0.39 is 33.8 Å². The Bertz CT molecular complexity index is 2710. The van der Waals surface area contributed by atoms with Gasteiger partial charge in [-0.25, -0.2) is 27.4 Å². The number of carbonyl (C=O) groups is 4. The fourth-order valence-corrected chi connectivity index (χ4v) is 8.35. The number of rotatable bonds is 13. The third-order valence-electron chi connectivity index (χ3n) is 10.3. The largest absolute Gasteiger partial charge is 0.462 e. The highest BCUT2D eigenvalue weighted by molar-refractivity contribution is 7.90. The number of nitrogens with zero attached hydrogens (tertiary/aromatic N) is 3. The summed E-state index contributed by atoms with van der Waals surface area (Å²) in [5, 5.41) is 6.31. The zero-order valence-electron chi connectivity index (χ0n) is 33.1. The number of hydrogen-bond donors (Lipinski definition) is 1. The Balaban J connectivity index is 1.38. The van der Waals surface area contributed by atoms with Crippen LogP contribution in [0.4, 0.5) is 0 Å². The van der Waals surface area contributed by atoms with Gasteiger partial charge in [0.05, 0.1) is 35.1 Å². The molecule has 1 N–H and O–H groups in total. The zero-order chi connectivity index (χ0) is 41.7. The minimum absolute atomic E-state index is 0.0531. The lowest BCUT2D eigenvalue weighted by Crippen LogP contribution is -2.36. The van der Waals surface area contributed by atoms with Gasteiger partial charge in [-0.3, -0.25) is 9.59 Å². The van der Waals surface area contributed by atoms with Crippen molar-refractivity contribution in [1.29, 1.82) is 0 Å². The smallest absolute Gasteiger partial charge is 0.359 e. The molecule has 6 aromatic rings. The molecule has 0 atom stereocenters. The van der Waals surface area contributed by atoms with E-state index in [-0.39, 0.29) is 40.5 Å². The van der Waals surface area contributed by atoms with Gasteiger partial charge in [-0.05, 0) is 103 Å². The van der Waals surface area contributed by atoms with Crippen LogP contribution in [0, 0.1) is 0 Å². The Morgan fingerprint density at radius 1 is 0.746 bits per heavy atom. The summed E-state index contributed by atoms with van der Waals surface area (Å²) in [4.78, 5) is 57.0. The summed E-state index contributed by atoms with van der Waals surface area (Å²) in [5.74, 6) is -2.61. The lowest BCUT2D eigenvalue weighted by molar-refractivity contribution is 0.0512. The van der Waals surface area contributed by atoms with E-state index >= 15 is 0 Å². The van der Waals surface area contributed by atoms with E-state index in [0.717, 1.165) is 22.9 Å². The summed E-state index contributed by atoms with van der Waals surface area (Å²) in [6.07, 6.45) is 2.48. The summed E-state index contributed by atoms with van der Waals surface area (Å²) in [6.45, 7) is 6.35. The van der Waals surface area contributed by atoms with Crippen LogP contribution in [0.2, 0.25) is 0 Å². The molecule has 0 unspecified atom stereocenters. The number of fused-ring (bicyclic) bond motifs is 2. The third-order valence-corrected chi connectivity index (χ3v) is 11.6. The van der Waals surface area contributed by atoms with Gasteiger partial charge in [-0.2, -0.15) is 5.10 Å². The SMILES string of the molecule is CCCCc1c(-c2ccc(C(=O)NS(=O)(=O)c3ccc4ccccc4c3)cc2C(=O)N2CCc3ccccc3C2)c(C(=O)OCC)nn1-c1cccc(C(=O)OCC)c1. The van der Waals surface area contributed by atoms with Gasteiger partial charge in [0.2, 0.25) is 0 Å². The number of ether oxygens (including phenoxy) is 2. The molecule has 0 fully saturated rings. The molecule has 1 aromatic heterocycles. The van der Waals surface area contributed by atoms with E-state index in [2.05, 4.69) is 4.72 Å². The third kappa shape index (κ3) is 8.51. The number of esters is 2. The molecule has 0 bridgehead atoms. The maximum atomic E-state index is 14.9. The van der Waals surface area contributed by atoms with Crippen LogP contribution in [0.5, 0.6) is 0 Å². The van der Waals surface area contributed by atoms with Crippen molar-refractivity contribution in [2.45, 2.75) is 57.9 Å². The fourth-order valence-electron chi connectivity index (χ4n) is 7.34. The molecular formula is C46H44N4O8S. The maximum absolute atomic E-state index is 14.9. The average Bonchev–Trinajstić information content (AvgIpc) is 3.64. The van der Waals surface area contributed by atoms with Crippen LogP contribution in [0.25, 0.3) is 27.6 Å². The Hall–Kier alpha value is -6.60. The molecule has 1 aliphatic rings. The predicted molar refractivity (Wildman–Crippen MR) is 223 cm³/mol. The van der Waals surface area contributed by atoms with Crippen LogP contribution in [-0.4, -0.2) is 66.6 Å². The van der Waals surface area contributed by atoms with Gasteiger partial charge >= 0.3 is 11.9 Å². The molecule has 12 nitrogen and oxygen atoms in total. The zero-order valence-corrected chi connectivity index (χ0v) is 33.9. The lowest BCUT2D eigenvalue weighted by atomic mass is 9.92. The number of carbonyl (C=O) groups excluding carboxylic acids is 4. The number of benzene rings is 5. The van der Waals surface area contributed by atoms with Crippen LogP contribution >= 0.6 is 0 Å². The molecule has 2 amide bonds. The number of aromatic nitrogens is 2. The molecule has 1 aliphatic heterocycles. The quantitative estimate of drug-likeness (QED) is 0.116. The van der Waals surface area contributed by atoms with E-state index in [4.69, 9.17) is 14.6 Å². The summed E-state index contributed by atoms with van der Waals surface area (Å²) in [7, 11) is -4.33. The normalized spacial score (nSPS) is 12.5. The van der Waals surface area contributed by atoms with Crippen LogP contribution in [-0.2, 0) is 38.9 Å². The summed E-state index contributed by atoms with van der Waals surface area (Å²) in [5.41, 5.74) is 4.02. The summed E-state index contributed by atoms with van der Waals surface area (Å²) in [6, 6.07) is 30.8. The highest BCUT2D eigenvalue weighted by Crippen LogP contribution is 2.36. The second-order valence-electron chi connectivity index (χ2n) is 14.1. The van der Waals surface area contributed by atoms with E-state index in [1.54, 1.807) is 72.0 Å². The molecule has 13 heteroatoms. The van der Waals surface area contributed by atoms with Gasteiger partial charge in [-0.1, -0.05) is 80.1 Å². The van der Waals surface area contributed by atoms with Gasteiger partial charge in [0.1, 0.15) is 0 Å². The van der Waals surface area contributed by atoms with Crippen molar-refractivity contribution in [3.63, 3.8) is 0 Å². The molecule has 0 saturated heterocycles. The highest BCUT2D eigenvalue weighted by Gasteiger charge is 2.32. The van der Waals surface area contributed by atoms with Crippen LogP contribution < -0.4 is 4.72 Å². The molecule has 0 radical (unpaired) electrons. The van der Waals surface area contributed by atoms with Crippen molar-refractivity contribution >= 4 is 44.5 Å². The second-order valence-corrected chi connectivity index (χ2v) is 15.8. The van der Waals surface area contributed by atoms with Crippen molar-refractivity contribution in [3.05, 3.63) is 148 Å². The minimum Gasteiger partial charge on any atom is -0.462 e. The van der Waals surface area contributed by atoms with E-state index in [0.29, 0.717) is 60.2 Å². The van der Waals surface area contributed by atoms with Gasteiger partial charge in [0.15, 0.2) is 5.69 Å². The average molecular weight is 813 g/mol. The summed E-state index contributed by atoms with van der Waals surface area (Å²) >= 11 is 0. The molecule has 59 heavy (non-hydrogen) atoms. The van der Waals surface area contributed by atoms with Gasteiger partial charge in [0.25, 0.3) is 21.8 Å². The first-order chi connectivity index (χ1) is 28.5. The monoisotopic (exact) mass is 812 g/mol. The lowest BCUT2D eigenvalue weighted by Gasteiger charge is -2.29. The van der Waals surface area contributed by atoms with E-state index in [1.165, 1.54) is 24.3 Å². The van der Waals surface area contributed by atoms with Crippen molar-refractivity contribution in [2.75, 3.05) is 19.8 Å². The molecule has 0 spiro atoms. The van der Waals surface area contributed by atoms with Crippen LogP contribution in [0.3, 0.4) is 0 Å². The highest BCUT2D eigenvalue weighted by atomic mass is 32.2. The van der Waals surface area contributed by atoms with Gasteiger partial charge in [0, 0.05) is 29.8 Å². The van der Waals surface area contributed by atoms with Crippen molar-refractivity contribution in [1.82, 2.24) is 19.4 Å². The Morgan fingerprint density at radius 2 is 1.47 bits per heavy atom. The van der Waals surface area contributed by atoms with Crippen molar-refractivity contribution in [2.24, 2.45) is 0 Å². The standard InChI is InChI=1S/C46H44N4O8S/c1-4-7-19-40-41(42(46(54)58-6-3)47-50(40)36-18-12-17-34(26-36)45(53)57-5-2)38-23-21-33(28-39(38)44(52)49-25-24-31-14-9-11-16-35(31)29-49)43(51)48-59(55,56)37-22-20-30-13-8-10-15-32(30)27-37/h8-18,20-23,26-28H,4-7,19,24-25,29H2,1-3H3,(H,48,51). The first-order valence-corrected chi connectivity index (χ1v) is 21.1. The minimum atomic E-state index is -4.33. The first kappa shape index (κ1) is 40.6. The Labute approximate surface area is 342 Å². The first-order valence-electron chi connectivity index (χ1n) is 19.7. The van der Waals surface area contributed by atoms with Gasteiger partial charge in [-0.15, -0.1) is 0 Å². The number of unbranched alkanes of at least 4 members (excludes halogenated alkanes) is 1. The fraction of sp³-hybridized carbons (Fsp3) is 0.239. The molecular weight excluding hydrogens is 769 g/mol. The van der Waals surface area contributed by atoms with E-state index in [9.17, 15) is 27.6 Å². The summed E-state index contributed by atoms with van der Waals surface area (Å²) < 4.78 is 41.7. The molecule has 0 aliphatic carbocycles. The molecule has 0 saturated carbocycles. The van der Waals surface area contributed by atoms with Gasteiger partial charge < -0.3 is 14.4 Å². The maximum Gasteiger partial charge on any atom is 0.359 e. The second kappa shape index (κ2) is 17.5. The Kier molecular flexibility index (Phi) is 12.0. The Morgan fingerprint density at radius 3 is 2.24 bits per heavy atom. The molecule has 7 rings (SSSR count). The molecule has 5 aromatic carbocycles. The van der Waals surface area contributed by atoms with Crippen LogP contribution in [0.15, 0.2) is 114 Å². The number of amides is 2. The number of nitrogens with one attached hydrogen (secondary N) is 1. The van der Waals surface area contributed by atoms with Crippen molar-refractivity contribution in [3.8, 4) is 16.8 Å². The topological polar surface area (TPSA) is 154 Å². The number of hydrogen-bond acceptors (Lipinski definition) is 9.